The van der Waals surface area contributed by atoms with E-state index in [1.807, 2.05) is 0 Å². The molecule has 120 valence electrons. The number of carbonyl (C=O) groups excluding carboxylic acids is 1. The lowest BCUT2D eigenvalue weighted by Gasteiger charge is -2.12. The topological polar surface area (TPSA) is 29.1 Å². The Morgan fingerprint density at radius 3 is 2.52 bits per heavy atom. The minimum Gasteiger partial charge on any atom is -0.326 e. The van der Waals surface area contributed by atoms with Gasteiger partial charge in [0, 0.05) is 11.6 Å². The third-order valence-electron chi connectivity index (χ3n) is 3.89. The van der Waals surface area contributed by atoms with Gasteiger partial charge in [-0.05, 0) is 42.2 Å². The fraction of sp³-hybridized carbons (Fsp3) is 0.235. The maximum Gasteiger partial charge on any atom is 0.416 e. The quantitative estimate of drug-likeness (QED) is 0.823. The van der Waals surface area contributed by atoms with Crippen LogP contribution in [-0.4, -0.2) is 5.91 Å². The standard InChI is InChI=1S/C17H13F4NO/c18-10-4-3-5-11(8-10)22-16(23)14-9-13(14)12-6-1-2-7-15(12)17(19,20)21/h1-8,13-14H,9H2,(H,22,23). The number of rotatable bonds is 3. The van der Waals surface area contributed by atoms with E-state index in [0.29, 0.717) is 12.1 Å². The Hall–Kier alpha value is -2.37. The van der Waals surface area contributed by atoms with Gasteiger partial charge in [0.25, 0.3) is 0 Å². The van der Waals surface area contributed by atoms with Crippen molar-refractivity contribution in [2.45, 2.75) is 18.5 Å². The zero-order chi connectivity index (χ0) is 16.6. The van der Waals surface area contributed by atoms with Crippen molar-refractivity contribution in [3.63, 3.8) is 0 Å². The highest BCUT2D eigenvalue weighted by Gasteiger charge is 2.47. The summed E-state index contributed by atoms with van der Waals surface area (Å²) in [6, 6.07) is 10.7. The van der Waals surface area contributed by atoms with Crippen molar-refractivity contribution in [1.29, 1.82) is 0 Å². The lowest BCUT2D eigenvalue weighted by atomic mass is 10.0. The highest BCUT2D eigenvalue weighted by molar-refractivity contribution is 5.95. The molecule has 2 unspecified atom stereocenters. The Kier molecular flexibility index (Phi) is 3.83. The second kappa shape index (κ2) is 5.68. The average molecular weight is 323 g/mol. The third-order valence-corrected chi connectivity index (χ3v) is 3.89. The maximum absolute atomic E-state index is 13.1. The van der Waals surface area contributed by atoms with E-state index >= 15 is 0 Å². The molecule has 1 amide bonds. The molecule has 0 spiro atoms. The Balaban J connectivity index is 1.74. The largest absolute Gasteiger partial charge is 0.416 e. The predicted molar refractivity (Wildman–Crippen MR) is 77.3 cm³/mol. The summed E-state index contributed by atoms with van der Waals surface area (Å²) in [4.78, 5) is 12.1. The van der Waals surface area contributed by atoms with Crippen molar-refractivity contribution < 1.29 is 22.4 Å². The minimum atomic E-state index is -4.44. The van der Waals surface area contributed by atoms with Gasteiger partial charge in [-0.15, -0.1) is 0 Å². The van der Waals surface area contributed by atoms with Crippen LogP contribution in [0.1, 0.15) is 23.5 Å². The lowest BCUT2D eigenvalue weighted by molar-refractivity contribution is -0.138. The van der Waals surface area contributed by atoms with Crippen molar-refractivity contribution in [3.8, 4) is 0 Å². The Morgan fingerprint density at radius 2 is 1.83 bits per heavy atom. The van der Waals surface area contributed by atoms with Gasteiger partial charge in [0.15, 0.2) is 0 Å². The molecule has 2 atom stereocenters. The fourth-order valence-electron chi connectivity index (χ4n) is 2.71. The summed E-state index contributed by atoms with van der Waals surface area (Å²) >= 11 is 0. The number of halogens is 4. The molecule has 3 rings (SSSR count). The zero-order valence-electron chi connectivity index (χ0n) is 11.9. The van der Waals surface area contributed by atoms with Gasteiger partial charge in [0.05, 0.1) is 5.56 Å². The molecule has 0 aliphatic heterocycles. The molecule has 6 heteroatoms. The van der Waals surface area contributed by atoms with Crippen LogP contribution in [0.2, 0.25) is 0 Å². The van der Waals surface area contributed by atoms with E-state index in [0.717, 1.165) is 6.07 Å². The first-order valence-corrected chi connectivity index (χ1v) is 7.09. The SMILES string of the molecule is O=C(Nc1cccc(F)c1)C1CC1c1ccccc1C(F)(F)F. The second-order valence-electron chi connectivity index (χ2n) is 5.53. The number of alkyl halides is 3. The minimum absolute atomic E-state index is 0.138. The van der Waals surface area contributed by atoms with Crippen LogP contribution in [0.5, 0.6) is 0 Å². The van der Waals surface area contributed by atoms with Crippen molar-refractivity contribution in [1.82, 2.24) is 0 Å². The number of carbonyl (C=O) groups is 1. The molecular formula is C17H13F4NO. The van der Waals surface area contributed by atoms with Crippen LogP contribution in [-0.2, 0) is 11.0 Å². The van der Waals surface area contributed by atoms with Crippen molar-refractivity contribution in [3.05, 3.63) is 65.5 Å². The summed E-state index contributed by atoms with van der Waals surface area (Å²) in [6.07, 6.45) is -4.09. The van der Waals surface area contributed by atoms with Gasteiger partial charge in [0.1, 0.15) is 5.82 Å². The molecule has 2 aromatic rings. The van der Waals surface area contributed by atoms with Crippen LogP contribution in [0.25, 0.3) is 0 Å². The second-order valence-corrected chi connectivity index (χ2v) is 5.53. The predicted octanol–water partition coefficient (Wildman–Crippen LogP) is 4.59. The van der Waals surface area contributed by atoms with E-state index in [2.05, 4.69) is 5.32 Å². The van der Waals surface area contributed by atoms with Crippen molar-refractivity contribution in [2.24, 2.45) is 5.92 Å². The van der Waals surface area contributed by atoms with E-state index < -0.39 is 35.3 Å². The zero-order valence-corrected chi connectivity index (χ0v) is 11.9. The van der Waals surface area contributed by atoms with E-state index in [-0.39, 0.29) is 5.56 Å². The molecule has 1 saturated carbocycles. The third kappa shape index (κ3) is 3.36. The summed E-state index contributed by atoms with van der Waals surface area (Å²) in [7, 11) is 0. The smallest absolute Gasteiger partial charge is 0.326 e. The highest BCUT2D eigenvalue weighted by Crippen LogP contribution is 2.51. The summed E-state index contributed by atoms with van der Waals surface area (Å²) in [5.41, 5.74) is -0.268. The summed E-state index contributed by atoms with van der Waals surface area (Å²) in [5.74, 6) is -1.86. The molecule has 23 heavy (non-hydrogen) atoms. The van der Waals surface area contributed by atoms with Crippen LogP contribution in [0.4, 0.5) is 23.2 Å². The lowest BCUT2D eigenvalue weighted by Crippen LogP contribution is -2.15. The normalized spacial score (nSPS) is 20.2. The van der Waals surface area contributed by atoms with Gasteiger partial charge in [-0.2, -0.15) is 13.2 Å². The van der Waals surface area contributed by atoms with Gasteiger partial charge in [-0.1, -0.05) is 24.3 Å². The number of hydrogen-bond acceptors (Lipinski definition) is 1. The Morgan fingerprint density at radius 1 is 1.09 bits per heavy atom. The number of anilines is 1. The number of hydrogen-bond donors (Lipinski definition) is 1. The van der Waals surface area contributed by atoms with Gasteiger partial charge in [-0.25, -0.2) is 4.39 Å². The fourth-order valence-corrected chi connectivity index (χ4v) is 2.71. The summed E-state index contributed by atoms with van der Waals surface area (Å²) < 4.78 is 52.1. The number of amides is 1. The molecule has 2 aromatic carbocycles. The number of benzene rings is 2. The Labute approximate surface area is 130 Å². The van der Waals surface area contributed by atoms with Crippen LogP contribution >= 0.6 is 0 Å². The molecule has 1 N–H and O–H groups in total. The molecule has 1 fully saturated rings. The molecule has 0 heterocycles. The number of nitrogens with one attached hydrogen (secondary N) is 1. The van der Waals surface area contributed by atoms with Crippen molar-refractivity contribution in [2.75, 3.05) is 5.32 Å². The molecular weight excluding hydrogens is 310 g/mol. The van der Waals surface area contributed by atoms with E-state index in [1.54, 1.807) is 0 Å². The monoisotopic (exact) mass is 323 g/mol. The van der Waals surface area contributed by atoms with Gasteiger partial charge in [0.2, 0.25) is 5.91 Å². The first-order valence-electron chi connectivity index (χ1n) is 7.09. The van der Waals surface area contributed by atoms with Crippen LogP contribution in [0.3, 0.4) is 0 Å². The summed E-state index contributed by atoms with van der Waals surface area (Å²) in [6.45, 7) is 0. The first kappa shape index (κ1) is 15.5. The van der Waals surface area contributed by atoms with Crippen LogP contribution < -0.4 is 5.32 Å². The van der Waals surface area contributed by atoms with E-state index in [1.165, 1.54) is 42.5 Å². The summed E-state index contributed by atoms with van der Waals surface area (Å²) in [5, 5.41) is 2.54. The Bertz CT molecular complexity index is 741. The molecule has 0 bridgehead atoms. The van der Waals surface area contributed by atoms with Crippen molar-refractivity contribution >= 4 is 11.6 Å². The molecule has 0 radical (unpaired) electrons. The first-order chi connectivity index (χ1) is 10.9. The molecule has 0 aromatic heterocycles. The van der Waals surface area contributed by atoms with Gasteiger partial charge in [-0.3, -0.25) is 4.79 Å². The molecule has 1 aliphatic rings. The maximum atomic E-state index is 13.1. The van der Waals surface area contributed by atoms with E-state index in [4.69, 9.17) is 0 Å². The molecule has 2 nitrogen and oxygen atoms in total. The van der Waals surface area contributed by atoms with Crippen LogP contribution in [0, 0.1) is 11.7 Å². The molecule has 0 saturated heterocycles. The highest BCUT2D eigenvalue weighted by atomic mass is 19.4. The molecule has 1 aliphatic carbocycles. The average Bonchev–Trinajstić information content (AvgIpc) is 3.27. The van der Waals surface area contributed by atoms with Crippen LogP contribution in [0.15, 0.2) is 48.5 Å². The van der Waals surface area contributed by atoms with Gasteiger partial charge < -0.3 is 5.32 Å². The van der Waals surface area contributed by atoms with Gasteiger partial charge >= 0.3 is 6.18 Å². The van der Waals surface area contributed by atoms with E-state index in [9.17, 15) is 22.4 Å².